The van der Waals surface area contributed by atoms with Gasteiger partial charge in [0.15, 0.2) is 0 Å². The largest absolute Gasteiger partial charge is 0.456 e. The molecule has 11 rings (SSSR count). The van der Waals surface area contributed by atoms with E-state index in [0.29, 0.717) is 0 Å². The number of rotatable bonds is 5. The molecule has 1 aromatic heterocycles. The summed E-state index contributed by atoms with van der Waals surface area (Å²) < 4.78 is 6.44. The minimum atomic E-state index is 0.882. The van der Waals surface area contributed by atoms with Crippen LogP contribution in [0.4, 0.5) is 17.1 Å². The predicted octanol–water partition coefficient (Wildman–Crippen LogP) is 15.0. The number of para-hydroxylation sites is 1. The molecular formula is C52H33NO. The molecule has 2 heteroatoms. The van der Waals surface area contributed by atoms with Crippen LogP contribution in [0.1, 0.15) is 0 Å². The fourth-order valence-corrected chi connectivity index (χ4v) is 8.53. The Morgan fingerprint density at radius 1 is 0.315 bits per heavy atom. The van der Waals surface area contributed by atoms with Gasteiger partial charge in [-0.05, 0) is 108 Å². The average molecular weight is 688 g/mol. The van der Waals surface area contributed by atoms with E-state index < -0.39 is 0 Å². The lowest BCUT2D eigenvalue weighted by atomic mass is 9.90. The van der Waals surface area contributed by atoms with E-state index in [1.54, 1.807) is 0 Å². The SMILES string of the molecule is c1ccc(-c2ccccc2N(c2ccc(-c3cc4ccccc4c4c3ccc3ccccc34)cc2)c2ccc3oc4ccc5ccccc5c4c3c2)cc1. The normalized spacial score (nSPS) is 11.7. The van der Waals surface area contributed by atoms with Gasteiger partial charge in [-0.2, -0.15) is 0 Å². The Bertz CT molecular complexity index is 3200. The average Bonchev–Trinajstić information content (AvgIpc) is 3.63. The molecule has 0 saturated carbocycles. The van der Waals surface area contributed by atoms with E-state index in [9.17, 15) is 0 Å². The number of nitrogens with zero attached hydrogens (tertiary/aromatic N) is 1. The standard InChI is InChI=1S/C52H33NO/c1-2-12-34(13-3-1)41-17-10-11-21-48(41)53(40-28-31-49-47(33-40)52-43-19-8-5-15-36(43)25-30-50(52)54-49)39-26-22-37(23-27-39)46-32-38-16-6-9-20-44(38)51-42-18-7-4-14-35(42)24-29-45(46)51/h1-33H. The Balaban J connectivity index is 1.13. The molecule has 0 aliphatic carbocycles. The van der Waals surface area contributed by atoms with Crippen LogP contribution in [0.15, 0.2) is 205 Å². The summed E-state index contributed by atoms with van der Waals surface area (Å²) in [5.41, 5.74) is 9.79. The zero-order valence-corrected chi connectivity index (χ0v) is 29.4. The maximum atomic E-state index is 6.44. The number of hydrogen-bond donors (Lipinski definition) is 0. The van der Waals surface area contributed by atoms with Crippen LogP contribution < -0.4 is 4.90 Å². The summed E-state index contributed by atoms with van der Waals surface area (Å²) in [5.74, 6) is 0. The number of anilines is 3. The molecule has 0 unspecified atom stereocenters. The van der Waals surface area contributed by atoms with Crippen molar-refractivity contribution in [2.45, 2.75) is 0 Å². The third kappa shape index (κ3) is 4.81. The van der Waals surface area contributed by atoms with Gasteiger partial charge in [0.25, 0.3) is 0 Å². The minimum absolute atomic E-state index is 0.882. The molecule has 2 nitrogen and oxygen atoms in total. The minimum Gasteiger partial charge on any atom is -0.456 e. The molecule has 0 spiro atoms. The van der Waals surface area contributed by atoms with Gasteiger partial charge in [0.05, 0.1) is 5.69 Å². The van der Waals surface area contributed by atoms with Crippen LogP contribution in [-0.2, 0) is 0 Å². The first kappa shape index (κ1) is 30.5. The summed E-state index contributed by atoms with van der Waals surface area (Å²) in [4.78, 5) is 2.39. The van der Waals surface area contributed by atoms with E-state index in [2.05, 4.69) is 205 Å². The Kier molecular flexibility index (Phi) is 6.90. The van der Waals surface area contributed by atoms with E-state index in [1.165, 1.54) is 59.8 Å². The van der Waals surface area contributed by atoms with Gasteiger partial charge in [0.2, 0.25) is 0 Å². The zero-order valence-electron chi connectivity index (χ0n) is 29.4. The second kappa shape index (κ2) is 12.2. The Morgan fingerprint density at radius 3 is 1.67 bits per heavy atom. The molecule has 11 aromatic rings. The molecule has 0 amide bonds. The highest BCUT2D eigenvalue weighted by molar-refractivity contribution is 6.24. The lowest BCUT2D eigenvalue weighted by molar-refractivity contribution is 0.669. The summed E-state index contributed by atoms with van der Waals surface area (Å²) in [5, 5.41) is 12.3. The van der Waals surface area contributed by atoms with Crippen LogP contribution in [0.2, 0.25) is 0 Å². The molecule has 0 fully saturated rings. The number of hydrogen-bond acceptors (Lipinski definition) is 2. The van der Waals surface area contributed by atoms with Gasteiger partial charge in [-0.15, -0.1) is 0 Å². The van der Waals surface area contributed by atoms with Crippen molar-refractivity contribution < 1.29 is 4.42 Å². The molecule has 54 heavy (non-hydrogen) atoms. The van der Waals surface area contributed by atoms with Crippen LogP contribution in [-0.4, -0.2) is 0 Å². The highest BCUT2D eigenvalue weighted by Gasteiger charge is 2.20. The van der Waals surface area contributed by atoms with Gasteiger partial charge in [0.1, 0.15) is 11.2 Å². The van der Waals surface area contributed by atoms with Crippen LogP contribution >= 0.6 is 0 Å². The third-order valence-electron chi connectivity index (χ3n) is 11.0. The summed E-state index contributed by atoms with van der Waals surface area (Å²) >= 11 is 0. The van der Waals surface area contributed by atoms with Crippen molar-refractivity contribution in [2.24, 2.45) is 0 Å². The van der Waals surface area contributed by atoms with Crippen LogP contribution in [0, 0.1) is 0 Å². The fraction of sp³-hybridized carbons (Fsp3) is 0. The number of fused-ring (bicyclic) bond motifs is 10. The van der Waals surface area contributed by atoms with Crippen molar-refractivity contribution in [1.82, 2.24) is 0 Å². The van der Waals surface area contributed by atoms with E-state index in [4.69, 9.17) is 4.42 Å². The van der Waals surface area contributed by atoms with Gasteiger partial charge in [-0.25, -0.2) is 0 Å². The quantitative estimate of drug-likeness (QED) is 0.168. The summed E-state index contributed by atoms with van der Waals surface area (Å²) in [7, 11) is 0. The van der Waals surface area contributed by atoms with Crippen molar-refractivity contribution in [3.05, 3.63) is 200 Å². The molecule has 0 N–H and O–H groups in total. The fourth-order valence-electron chi connectivity index (χ4n) is 8.53. The maximum absolute atomic E-state index is 6.44. The van der Waals surface area contributed by atoms with Crippen LogP contribution in [0.3, 0.4) is 0 Å². The molecule has 252 valence electrons. The number of furan rings is 1. The molecule has 0 aliphatic heterocycles. The second-order valence-electron chi connectivity index (χ2n) is 14.1. The van der Waals surface area contributed by atoms with Gasteiger partial charge < -0.3 is 9.32 Å². The lowest BCUT2D eigenvalue weighted by Gasteiger charge is -2.28. The Labute approximate surface area is 312 Å². The topological polar surface area (TPSA) is 16.4 Å². The number of benzene rings is 10. The van der Waals surface area contributed by atoms with Crippen LogP contribution in [0.5, 0.6) is 0 Å². The molecule has 0 saturated heterocycles. The van der Waals surface area contributed by atoms with Gasteiger partial charge in [-0.1, -0.05) is 152 Å². The predicted molar refractivity (Wildman–Crippen MR) is 229 cm³/mol. The van der Waals surface area contributed by atoms with E-state index in [1.807, 2.05) is 0 Å². The summed E-state index contributed by atoms with van der Waals surface area (Å²) in [6.07, 6.45) is 0. The first-order valence-electron chi connectivity index (χ1n) is 18.5. The Hall–Kier alpha value is -7.16. The Morgan fingerprint density at radius 2 is 0.889 bits per heavy atom. The highest BCUT2D eigenvalue weighted by atomic mass is 16.3. The summed E-state index contributed by atoms with van der Waals surface area (Å²) in [6, 6.07) is 72.3. The molecule has 0 radical (unpaired) electrons. The molecule has 10 aromatic carbocycles. The van der Waals surface area contributed by atoms with Crippen molar-refractivity contribution in [3.8, 4) is 22.3 Å². The lowest BCUT2D eigenvalue weighted by Crippen LogP contribution is -2.11. The summed E-state index contributed by atoms with van der Waals surface area (Å²) in [6.45, 7) is 0. The molecule has 0 atom stereocenters. The highest BCUT2D eigenvalue weighted by Crippen LogP contribution is 2.45. The zero-order chi connectivity index (χ0) is 35.6. The van der Waals surface area contributed by atoms with E-state index >= 15 is 0 Å². The second-order valence-corrected chi connectivity index (χ2v) is 14.1. The first-order chi connectivity index (χ1) is 26.8. The smallest absolute Gasteiger partial charge is 0.136 e. The van der Waals surface area contributed by atoms with E-state index in [-0.39, 0.29) is 0 Å². The van der Waals surface area contributed by atoms with Crippen LogP contribution in [0.25, 0.3) is 87.3 Å². The van der Waals surface area contributed by atoms with Gasteiger partial charge in [0, 0.05) is 27.7 Å². The van der Waals surface area contributed by atoms with Crippen molar-refractivity contribution in [2.75, 3.05) is 4.90 Å². The van der Waals surface area contributed by atoms with Crippen molar-refractivity contribution in [1.29, 1.82) is 0 Å². The van der Waals surface area contributed by atoms with E-state index in [0.717, 1.165) is 44.6 Å². The monoisotopic (exact) mass is 687 g/mol. The first-order valence-corrected chi connectivity index (χ1v) is 18.5. The molecule has 1 heterocycles. The van der Waals surface area contributed by atoms with Gasteiger partial charge in [-0.3, -0.25) is 0 Å². The van der Waals surface area contributed by atoms with Crippen molar-refractivity contribution in [3.63, 3.8) is 0 Å². The maximum Gasteiger partial charge on any atom is 0.136 e. The molecule has 0 bridgehead atoms. The van der Waals surface area contributed by atoms with Crippen molar-refractivity contribution >= 4 is 82.1 Å². The third-order valence-corrected chi connectivity index (χ3v) is 11.0. The molecule has 0 aliphatic rings. The van der Waals surface area contributed by atoms with Gasteiger partial charge >= 0.3 is 0 Å². The molecular weight excluding hydrogens is 655 g/mol.